The first kappa shape index (κ1) is 79.4. The zero-order chi connectivity index (χ0) is 71.2. The van der Waals surface area contributed by atoms with E-state index < -0.39 is 75.2 Å². The Hall–Kier alpha value is -9.27. The number of rotatable bonds is 32. The van der Waals surface area contributed by atoms with Gasteiger partial charge in [0.05, 0.1) is 60.6 Å². The summed E-state index contributed by atoms with van der Waals surface area (Å²) in [6, 6.07) is 37.9. The number of benzene rings is 8. The molecule has 8 aromatic rings. The average molecular weight is 1360 g/mol. The van der Waals surface area contributed by atoms with Crippen LogP contribution >= 0.6 is 0 Å². The molecule has 0 radical (unpaired) electrons. The zero-order valence-corrected chi connectivity index (χ0v) is 57.5. The maximum atomic E-state index is 14.1. The molecule has 0 bridgehead atoms. The van der Waals surface area contributed by atoms with Crippen molar-refractivity contribution in [2.45, 2.75) is 165 Å². The summed E-state index contributed by atoms with van der Waals surface area (Å²) in [6.07, 6.45) is 15.7. The van der Waals surface area contributed by atoms with Gasteiger partial charge in [0, 0.05) is 18.2 Å². The highest BCUT2D eigenvalue weighted by Gasteiger charge is 2.27. The van der Waals surface area contributed by atoms with Gasteiger partial charge in [0.25, 0.3) is 0 Å². The number of azo groups is 4. The lowest BCUT2D eigenvalue weighted by atomic mass is 10.2. The van der Waals surface area contributed by atoms with Gasteiger partial charge in [-0.15, -0.1) is 10.2 Å². The molecule has 0 heterocycles. The number of hydrogen-bond acceptors (Lipinski definition) is 12. The van der Waals surface area contributed by atoms with Crippen molar-refractivity contribution >= 4 is 45.5 Å². The number of halogens is 9. The molecule has 8 rings (SSSR count). The van der Waals surface area contributed by atoms with E-state index in [0.717, 1.165) is 135 Å². The Balaban J connectivity index is 0.000000236. The summed E-state index contributed by atoms with van der Waals surface area (Å²) in [5.41, 5.74) is 6.99. The Bertz CT molecular complexity index is 3770. The summed E-state index contributed by atoms with van der Waals surface area (Å²) >= 11 is 0. The summed E-state index contributed by atoms with van der Waals surface area (Å²) in [5, 5.41) is 30.8. The van der Waals surface area contributed by atoms with Crippen LogP contribution in [0, 0.1) is 87.0 Å². The Labute approximate surface area is 570 Å². The normalized spacial score (nSPS) is 11.2. The summed E-state index contributed by atoms with van der Waals surface area (Å²) in [4.78, 5) is 0. The summed E-state index contributed by atoms with van der Waals surface area (Å²) in [6.45, 7) is 19.4. The van der Waals surface area contributed by atoms with E-state index >= 15 is 0 Å². The Morgan fingerprint density at radius 2 is 0.582 bits per heavy atom. The van der Waals surface area contributed by atoms with Crippen LogP contribution in [0.25, 0.3) is 0 Å². The highest BCUT2D eigenvalue weighted by atomic mass is 19.2. The topological polar surface area (TPSA) is 136 Å². The van der Waals surface area contributed by atoms with Crippen LogP contribution in [0.3, 0.4) is 0 Å². The van der Waals surface area contributed by atoms with Crippen molar-refractivity contribution < 1.29 is 58.5 Å². The van der Waals surface area contributed by atoms with Crippen LogP contribution in [0.4, 0.5) is 85.0 Å². The number of aryl methyl sites for hydroxylation is 5. The van der Waals surface area contributed by atoms with E-state index in [0.29, 0.717) is 36.5 Å². The highest BCUT2D eigenvalue weighted by Crippen LogP contribution is 2.37. The van der Waals surface area contributed by atoms with E-state index in [1.165, 1.54) is 24.8 Å². The van der Waals surface area contributed by atoms with Crippen molar-refractivity contribution in [3.8, 4) is 23.0 Å². The molecule has 0 unspecified atom stereocenters. The zero-order valence-electron chi connectivity index (χ0n) is 57.5. The van der Waals surface area contributed by atoms with Gasteiger partial charge < -0.3 is 18.9 Å². The van der Waals surface area contributed by atoms with Crippen LogP contribution in [0.5, 0.6) is 23.0 Å². The van der Waals surface area contributed by atoms with Gasteiger partial charge in [-0.1, -0.05) is 176 Å². The van der Waals surface area contributed by atoms with Crippen LogP contribution in [0.1, 0.15) is 158 Å². The number of ether oxygens (including phenoxy) is 4. The molecule has 0 fully saturated rings. The number of hydrogen-bond donors (Lipinski definition) is 0. The second-order valence-corrected chi connectivity index (χ2v) is 23.2. The number of nitrogens with zero attached hydrogens (tertiary/aromatic N) is 8. The fraction of sp³-hybridized carbons (Fsp3) is 0.377. The minimum absolute atomic E-state index is 0.0308. The molecular weight excluding hydrogens is 1270 g/mol. The molecule has 0 spiro atoms. The number of unbranched alkanes of at least 4 members (excludes halogenated alkanes) is 12. The molecular formula is C77H89F9N8O4. The van der Waals surface area contributed by atoms with Gasteiger partial charge >= 0.3 is 0 Å². The Kier molecular flexibility index (Phi) is 35.5. The van der Waals surface area contributed by atoms with E-state index in [4.69, 9.17) is 18.9 Å². The lowest BCUT2D eigenvalue weighted by molar-refractivity contribution is 0.264. The quantitative estimate of drug-likeness (QED) is 0.0179. The third-order valence-corrected chi connectivity index (χ3v) is 14.7. The van der Waals surface area contributed by atoms with Crippen LogP contribution in [0.2, 0.25) is 0 Å². The Morgan fingerprint density at radius 3 is 0.980 bits per heavy atom. The molecule has 0 saturated carbocycles. The SMILES string of the molecule is CCCCCCOc1c(F)c(F)c(N=Nc2ccc(C)cc2)c(F)c1F.CCCCCCOc1c(F)cc(N=Nc2ccc(C)cc2)c(F)c1F.CCCCCCOc1c(F)cc(N=Nc2ccc(C)cc2)cc1F.CCCCCCOc1ccc(N=Nc2ccc(C)cc2)cc1C. The van der Waals surface area contributed by atoms with Gasteiger partial charge in [-0.3, -0.25) is 0 Å². The summed E-state index contributed by atoms with van der Waals surface area (Å²) in [7, 11) is 0. The van der Waals surface area contributed by atoms with E-state index in [9.17, 15) is 39.5 Å². The van der Waals surface area contributed by atoms with Gasteiger partial charge in [-0.2, -0.15) is 43.9 Å². The van der Waals surface area contributed by atoms with Crippen molar-refractivity contribution in [2.24, 2.45) is 40.9 Å². The van der Waals surface area contributed by atoms with E-state index in [1.54, 1.807) is 60.7 Å². The molecule has 21 heteroatoms. The molecule has 0 aliphatic carbocycles. The van der Waals surface area contributed by atoms with Crippen molar-refractivity contribution in [3.63, 3.8) is 0 Å². The molecule has 0 aliphatic heterocycles. The minimum atomic E-state index is -1.64. The molecule has 524 valence electrons. The molecule has 0 N–H and O–H groups in total. The molecule has 98 heavy (non-hydrogen) atoms. The molecule has 0 saturated heterocycles. The molecule has 12 nitrogen and oxygen atoms in total. The van der Waals surface area contributed by atoms with Crippen LogP contribution < -0.4 is 18.9 Å². The van der Waals surface area contributed by atoms with E-state index in [-0.39, 0.29) is 24.7 Å². The molecule has 0 aliphatic rings. The largest absolute Gasteiger partial charge is 0.493 e. The Morgan fingerprint density at radius 1 is 0.265 bits per heavy atom. The monoisotopic (exact) mass is 1360 g/mol. The average Bonchev–Trinajstić information content (AvgIpc) is 0.776. The maximum absolute atomic E-state index is 14.1. The van der Waals surface area contributed by atoms with Gasteiger partial charge in [-0.25, -0.2) is 26.3 Å². The van der Waals surface area contributed by atoms with Crippen LogP contribution in [0.15, 0.2) is 174 Å². The van der Waals surface area contributed by atoms with Gasteiger partial charge in [0.1, 0.15) is 11.4 Å². The maximum Gasteiger partial charge on any atom is 0.206 e. The van der Waals surface area contributed by atoms with Crippen molar-refractivity contribution in [2.75, 3.05) is 26.4 Å². The lowest BCUT2D eigenvalue weighted by Gasteiger charge is -2.10. The second-order valence-electron chi connectivity index (χ2n) is 23.2. The van der Waals surface area contributed by atoms with Crippen molar-refractivity contribution in [3.05, 3.63) is 214 Å². The lowest BCUT2D eigenvalue weighted by Crippen LogP contribution is -2.05. The molecule has 0 aromatic heterocycles. The third kappa shape index (κ3) is 27.7. The van der Waals surface area contributed by atoms with Gasteiger partial charge in [0.15, 0.2) is 57.8 Å². The molecule has 8 aromatic carbocycles. The second kappa shape index (κ2) is 43.8. The minimum Gasteiger partial charge on any atom is -0.493 e. The fourth-order valence-corrected chi connectivity index (χ4v) is 8.90. The van der Waals surface area contributed by atoms with Crippen LogP contribution in [-0.2, 0) is 0 Å². The first-order chi connectivity index (χ1) is 47.3. The highest BCUT2D eigenvalue weighted by molar-refractivity contribution is 5.51. The van der Waals surface area contributed by atoms with Crippen molar-refractivity contribution in [1.82, 2.24) is 0 Å². The fourth-order valence-electron chi connectivity index (χ4n) is 8.90. The summed E-state index contributed by atoms with van der Waals surface area (Å²) in [5.74, 6) is -12.8. The molecule has 0 amide bonds. The van der Waals surface area contributed by atoms with Crippen molar-refractivity contribution in [1.29, 1.82) is 0 Å². The van der Waals surface area contributed by atoms with Crippen LogP contribution in [-0.4, -0.2) is 26.4 Å². The molecule has 0 atom stereocenters. The first-order valence-electron chi connectivity index (χ1n) is 33.3. The van der Waals surface area contributed by atoms with Gasteiger partial charge in [-0.05, 0) is 133 Å². The summed E-state index contributed by atoms with van der Waals surface area (Å²) < 4.78 is 147. The third-order valence-electron chi connectivity index (χ3n) is 14.7. The van der Waals surface area contributed by atoms with E-state index in [2.05, 4.69) is 68.6 Å². The van der Waals surface area contributed by atoms with Gasteiger partial charge in [0.2, 0.25) is 17.5 Å². The predicted molar refractivity (Wildman–Crippen MR) is 370 cm³/mol. The standard InChI is InChI=1S/C20H26N2O.C19H20F4N2O.C19H21F3N2O.C19H22F2N2O/c1-4-5-6-7-14-23-20-13-12-19(15-17(20)3)22-21-18-10-8-16(2)9-11-18;1-3-4-5-6-11-26-19-16(22)14(20)18(15(21)17(19)23)25-24-13-9-7-12(2)8-10-13;1-3-4-5-6-11-25-19-15(20)12-16(17(21)18(19)22)24-23-14-9-7-13(2)8-10-14;1-3-4-5-6-11-24-19-17(20)12-16(13-18(19)21)23-22-15-9-7-14(2)8-10-15/h8-13,15H,4-7,14H2,1-3H3;7-10H,3-6,11H2,1-2H3;7-10,12H,3-6,11H2,1-2H3;7-10,12-13H,3-6,11H2,1-2H3. The predicted octanol–water partition coefficient (Wildman–Crippen LogP) is 27.0. The first-order valence-corrected chi connectivity index (χ1v) is 33.3. The smallest absolute Gasteiger partial charge is 0.206 e. The van der Waals surface area contributed by atoms with E-state index in [1.807, 2.05) is 89.2 Å².